The van der Waals surface area contributed by atoms with Gasteiger partial charge in [0.25, 0.3) is 5.91 Å². The fourth-order valence-electron chi connectivity index (χ4n) is 2.13. The zero-order valence-electron chi connectivity index (χ0n) is 13.3. The van der Waals surface area contributed by atoms with E-state index in [2.05, 4.69) is 15.7 Å². The van der Waals surface area contributed by atoms with Crippen molar-refractivity contribution in [3.63, 3.8) is 0 Å². The summed E-state index contributed by atoms with van der Waals surface area (Å²) in [6.45, 7) is 4.53. The number of amides is 1. The fourth-order valence-corrected chi connectivity index (χ4v) is 2.26. The molecule has 1 aromatic carbocycles. The van der Waals surface area contributed by atoms with E-state index in [4.69, 9.17) is 16.3 Å². The lowest BCUT2D eigenvalue weighted by Crippen LogP contribution is -2.33. The molecule has 0 saturated carbocycles. The molecule has 1 aromatic heterocycles. The van der Waals surface area contributed by atoms with Crippen LogP contribution in [0.1, 0.15) is 16.1 Å². The van der Waals surface area contributed by atoms with Crippen LogP contribution in [0.2, 0.25) is 5.02 Å². The van der Waals surface area contributed by atoms with Crippen LogP contribution in [-0.4, -0.2) is 49.0 Å². The van der Waals surface area contributed by atoms with Crippen LogP contribution < -0.4 is 10.6 Å². The standard InChI is InChI=1S/C16H21ClN4O2/c1-12-15(16(22)19-8-7-18-9-10-23-2)11-20-21(12)14-5-3-13(17)4-6-14/h3-6,11,18H,7-10H2,1-2H3,(H,19,22). The molecule has 0 unspecified atom stereocenters. The molecule has 0 radical (unpaired) electrons. The number of halogens is 1. The Labute approximate surface area is 140 Å². The van der Waals surface area contributed by atoms with Gasteiger partial charge >= 0.3 is 0 Å². The quantitative estimate of drug-likeness (QED) is 0.721. The number of carbonyl (C=O) groups is 1. The van der Waals surface area contributed by atoms with Crippen LogP contribution in [0.25, 0.3) is 5.69 Å². The molecule has 0 bridgehead atoms. The third kappa shape index (κ3) is 4.79. The Hall–Kier alpha value is -1.89. The first-order valence-electron chi connectivity index (χ1n) is 7.42. The van der Waals surface area contributed by atoms with Gasteiger partial charge in [-0.1, -0.05) is 11.6 Å². The number of carbonyl (C=O) groups excluding carboxylic acids is 1. The van der Waals surface area contributed by atoms with Crippen molar-refractivity contribution < 1.29 is 9.53 Å². The second-order valence-electron chi connectivity index (χ2n) is 5.03. The number of hydrogen-bond acceptors (Lipinski definition) is 4. The van der Waals surface area contributed by atoms with Gasteiger partial charge in [-0.25, -0.2) is 4.68 Å². The van der Waals surface area contributed by atoms with Crippen molar-refractivity contribution in [1.29, 1.82) is 0 Å². The summed E-state index contributed by atoms with van der Waals surface area (Å²) in [7, 11) is 1.66. The molecule has 0 fully saturated rings. The lowest BCUT2D eigenvalue weighted by molar-refractivity contribution is 0.0953. The Morgan fingerprint density at radius 2 is 2.00 bits per heavy atom. The second kappa shape index (κ2) is 8.67. The number of aromatic nitrogens is 2. The number of methoxy groups -OCH3 is 1. The van der Waals surface area contributed by atoms with Gasteiger partial charge in [-0.2, -0.15) is 5.10 Å². The molecule has 1 heterocycles. The Morgan fingerprint density at radius 1 is 1.26 bits per heavy atom. The predicted molar refractivity (Wildman–Crippen MR) is 90.4 cm³/mol. The predicted octanol–water partition coefficient (Wildman–Crippen LogP) is 1.80. The van der Waals surface area contributed by atoms with E-state index < -0.39 is 0 Å². The third-order valence-corrected chi connectivity index (χ3v) is 3.65. The van der Waals surface area contributed by atoms with Crippen LogP contribution in [0.4, 0.5) is 0 Å². The summed E-state index contributed by atoms with van der Waals surface area (Å²) in [6, 6.07) is 7.32. The molecule has 2 aromatic rings. The van der Waals surface area contributed by atoms with Gasteiger partial charge in [0.15, 0.2) is 0 Å². The molecule has 0 atom stereocenters. The van der Waals surface area contributed by atoms with E-state index in [0.29, 0.717) is 30.3 Å². The summed E-state index contributed by atoms with van der Waals surface area (Å²) in [5, 5.41) is 11.0. The maximum Gasteiger partial charge on any atom is 0.254 e. The van der Waals surface area contributed by atoms with E-state index in [9.17, 15) is 4.79 Å². The SMILES string of the molecule is COCCNCCNC(=O)c1cnn(-c2ccc(Cl)cc2)c1C. The summed E-state index contributed by atoms with van der Waals surface area (Å²) in [6.07, 6.45) is 1.58. The smallest absolute Gasteiger partial charge is 0.254 e. The Morgan fingerprint density at radius 3 is 2.70 bits per heavy atom. The van der Waals surface area contributed by atoms with Crippen LogP contribution in [0.5, 0.6) is 0 Å². The molecule has 23 heavy (non-hydrogen) atoms. The molecule has 124 valence electrons. The van der Waals surface area contributed by atoms with Gasteiger partial charge in [0.2, 0.25) is 0 Å². The molecule has 1 amide bonds. The van der Waals surface area contributed by atoms with Crippen molar-refractivity contribution in [2.45, 2.75) is 6.92 Å². The maximum absolute atomic E-state index is 12.2. The van der Waals surface area contributed by atoms with E-state index in [1.165, 1.54) is 0 Å². The highest BCUT2D eigenvalue weighted by Gasteiger charge is 2.14. The van der Waals surface area contributed by atoms with Gasteiger partial charge in [-0.05, 0) is 31.2 Å². The molecule has 0 saturated heterocycles. The number of benzene rings is 1. The minimum Gasteiger partial charge on any atom is -0.383 e. The Balaban J connectivity index is 1.93. The molecule has 6 nitrogen and oxygen atoms in total. The van der Waals surface area contributed by atoms with E-state index in [1.54, 1.807) is 30.1 Å². The second-order valence-corrected chi connectivity index (χ2v) is 5.47. The van der Waals surface area contributed by atoms with E-state index in [0.717, 1.165) is 17.9 Å². The monoisotopic (exact) mass is 336 g/mol. The van der Waals surface area contributed by atoms with Gasteiger partial charge in [-0.15, -0.1) is 0 Å². The van der Waals surface area contributed by atoms with Crippen LogP contribution in [-0.2, 0) is 4.74 Å². The van der Waals surface area contributed by atoms with Crippen molar-refractivity contribution >= 4 is 17.5 Å². The van der Waals surface area contributed by atoms with E-state index in [-0.39, 0.29) is 5.91 Å². The third-order valence-electron chi connectivity index (χ3n) is 3.40. The number of nitrogens with zero attached hydrogens (tertiary/aromatic N) is 2. The summed E-state index contributed by atoms with van der Waals surface area (Å²) in [5.41, 5.74) is 2.22. The topological polar surface area (TPSA) is 68.2 Å². The van der Waals surface area contributed by atoms with E-state index in [1.807, 2.05) is 19.1 Å². The normalized spacial score (nSPS) is 10.7. The van der Waals surface area contributed by atoms with Crippen LogP contribution >= 0.6 is 11.6 Å². The molecular formula is C16H21ClN4O2. The van der Waals surface area contributed by atoms with Crippen LogP contribution in [0, 0.1) is 6.92 Å². The molecule has 7 heteroatoms. The van der Waals surface area contributed by atoms with Gasteiger partial charge in [0.1, 0.15) is 0 Å². The zero-order chi connectivity index (χ0) is 16.7. The minimum atomic E-state index is -0.128. The number of nitrogens with one attached hydrogen (secondary N) is 2. The highest BCUT2D eigenvalue weighted by Crippen LogP contribution is 2.16. The summed E-state index contributed by atoms with van der Waals surface area (Å²) < 4.78 is 6.66. The molecule has 2 N–H and O–H groups in total. The molecule has 0 aliphatic rings. The maximum atomic E-state index is 12.2. The number of ether oxygens (including phenoxy) is 1. The van der Waals surface area contributed by atoms with Crippen molar-refractivity contribution in [2.75, 3.05) is 33.4 Å². The molecule has 0 spiro atoms. The zero-order valence-corrected chi connectivity index (χ0v) is 14.1. The van der Waals surface area contributed by atoms with Crippen LogP contribution in [0.15, 0.2) is 30.5 Å². The van der Waals surface area contributed by atoms with Crippen molar-refractivity contribution in [3.8, 4) is 5.69 Å². The average Bonchev–Trinajstić information content (AvgIpc) is 2.93. The minimum absolute atomic E-state index is 0.128. The summed E-state index contributed by atoms with van der Waals surface area (Å²) in [5.74, 6) is -0.128. The number of hydrogen-bond donors (Lipinski definition) is 2. The highest BCUT2D eigenvalue weighted by atomic mass is 35.5. The lowest BCUT2D eigenvalue weighted by atomic mass is 10.2. The van der Waals surface area contributed by atoms with Crippen molar-refractivity contribution in [3.05, 3.63) is 46.7 Å². The first-order valence-corrected chi connectivity index (χ1v) is 7.79. The Kier molecular flexibility index (Phi) is 6.58. The van der Waals surface area contributed by atoms with Crippen molar-refractivity contribution in [2.24, 2.45) is 0 Å². The average molecular weight is 337 g/mol. The lowest BCUT2D eigenvalue weighted by Gasteiger charge is -2.07. The first kappa shape index (κ1) is 17.5. The summed E-state index contributed by atoms with van der Waals surface area (Å²) in [4.78, 5) is 12.2. The summed E-state index contributed by atoms with van der Waals surface area (Å²) >= 11 is 5.89. The molecule has 0 aliphatic heterocycles. The van der Waals surface area contributed by atoms with Gasteiger partial charge in [-0.3, -0.25) is 4.79 Å². The first-order chi connectivity index (χ1) is 11.1. The largest absolute Gasteiger partial charge is 0.383 e. The van der Waals surface area contributed by atoms with Gasteiger partial charge in [0.05, 0.1) is 29.7 Å². The van der Waals surface area contributed by atoms with Gasteiger partial charge < -0.3 is 15.4 Å². The van der Waals surface area contributed by atoms with E-state index >= 15 is 0 Å². The highest BCUT2D eigenvalue weighted by molar-refractivity contribution is 6.30. The Bertz CT molecular complexity index is 640. The fraction of sp³-hybridized carbons (Fsp3) is 0.375. The number of rotatable bonds is 8. The molecule has 2 rings (SSSR count). The molecule has 0 aliphatic carbocycles. The van der Waals surface area contributed by atoms with Crippen molar-refractivity contribution in [1.82, 2.24) is 20.4 Å². The van der Waals surface area contributed by atoms with Crippen LogP contribution in [0.3, 0.4) is 0 Å². The molecular weight excluding hydrogens is 316 g/mol. The van der Waals surface area contributed by atoms with Gasteiger partial charge in [0, 0.05) is 31.8 Å².